The molecular formula is C16H32O4. The molecule has 0 amide bonds. The van der Waals surface area contributed by atoms with E-state index >= 15 is 0 Å². The fraction of sp³-hybridized carbons (Fsp3) is 1.00. The van der Waals surface area contributed by atoms with E-state index in [0.717, 1.165) is 38.5 Å². The van der Waals surface area contributed by atoms with Gasteiger partial charge in [-0.2, -0.15) is 0 Å². The Morgan fingerprint density at radius 2 is 1.90 bits per heavy atom. The van der Waals surface area contributed by atoms with Crippen molar-refractivity contribution in [3.63, 3.8) is 0 Å². The van der Waals surface area contributed by atoms with Crippen molar-refractivity contribution in [3.05, 3.63) is 0 Å². The lowest BCUT2D eigenvalue weighted by Crippen LogP contribution is -2.36. The van der Waals surface area contributed by atoms with Crippen LogP contribution in [0.3, 0.4) is 0 Å². The summed E-state index contributed by atoms with van der Waals surface area (Å²) >= 11 is 0. The molecule has 1 aliphatic rings. The van der Waals surface area contributed by atoms with Gasteiger partial charge in [-0.1, -0.05) is 40.0 Å². The number of hydrogen-bond donors (Lipinski definition) is 2. The SMILES string of the molecule is CCC(C)(C)CCCOCOC1CCCCC1C(O)O. The second kappa shape index (κ2) is 8.98. The lowest BCUT2D eigenvalue weighted by atomic mass is 9.85. The average molecular weight is 288 g/mol. The van der Waals surface area contributed by atoms with Gasteiger partial charge < -0.3 is 19.7 Å². The zero-order chi connectivity index (χ0) is 15.0. The molecule has 0 bridgehead atoms. The van der Waals surface area contributed by atoms with Gasteiger partial charge in [0.25, 0.3) is 0 Å². The molecule has 1 saturated carbocycles. The zero-order valence-electron chi connectivity index (χ0n) is 13.3. The van der Waals surface area contributed by atoms with Crippen molar-refractivity contribution < 1.29 is 19.7 Å². The smallest absolute Gasteiger partial charge is 0.156 e. The van der Waals surface area contributed by atoms with Gasteiger partial charge in [-0.25, -0.2) is 0 Å². The maximum atomic E-state index is 9.34. The third-order valence-electron chi connectivity index (χ3n) is 4.60. The first-order chi connectivity index (χ1) is 9.46. The van der Waals surface area contributed by atoms with Crippen LogP contribution in [0.2, 0.25) is 0 Å². The van der Waals surface area contributed by atoms with Crippen LogP contribution in [0.5, 0.6) is 0 Å². The summed E-state index contributed by atoms with van der Waals surface area (Å²) in [6.07, 6.45) is 5.91. The summed E-state index contributed by atoms with van der Waals surface area (Å²) in [5.41, 5.74) is 0.389. The van der Waals surface area contributed by atoms with Crippen LogP contribution >= 0.6 is 0 Å². The highest BCUT2D eigenvalue weighted by atomic mass is 16.7. The number of ether oxygens (including phenoxy) is 2. The van der Waals surface area contributed by atoms with Gasteiger partial charge in [-0.3, -0.25) is 0 Å². The van der Waals surface area contributed by atoms with Gasteiger partial charge in [0.1, 0.15) is 6.79 Å². The molecule has 2 N–H and O–H groups in total. The Morgan fingerprint density at radius 3 is 2.55 bits per heavy atom. The first-order valence-electron chi connectivity index (χ1n) is 8.02. The molecular weight excluding hydrogens is 256 g/mol. The topological polar surface area (TPSA) is 58.9 Å². The van der Waals surface area contributed by atoms with Crippen LogP contribution in [0.25, 0.3) is 0 Å². The van der Waals surface area contributed by atoms with E-state index in [9.17, 15) is 10.2 Å². The van der Waals surface area contributed by atoms with E-state index in [2.05, 4.69) is 20.8 Å². The highest BCUT2D eigenvalue weighted by molar-refractivity contribution is 4.77. The van der Waals surface area contributed by atoms with Crippen molar-refractivity contribution in [1.82, 2.24) is 0 Å². The summed E-state index contributed by atoms with van der Waals surface area (Å²) in [5.74, 6) is -0.161. The Kier molecular flexibility index (Phi) is 8.03. The molecule has 0 spiro atoms. The summed E-state index contributed by atoms with van der Waals surface area (Å²) in [6, 6.07) is 0. The molecule has 1 fully saturated rings. The van der Waals surface area contributed by atoms with Gasteiger partial charge in [0.15, 0.2) is 6.29 Å². The van der Waals surface area contributed by atoms with Gasteiger partial charge in [-0.15, -0.1) is 0 Å². The molecule has 4 heteroatoms. The monoisotopic (exact) mass is 288 g/mol. The maximum Gasteiger partial charge on any atom is 0.156 e. The minimum Gasteiger partial charge on any atom is -0.368 e. The Hall–Kier alpha value is -0.160. The molecule has 0 heterocycles. The van der Waals surface area contributed by atoms with Crippen molar-refractivity contribution in [2.75, 3.05) is 13.4 Å². The van der Waals surface area contributed by atoms with Crippen molar-refractivity contribution in [2.24, 2.45) is 11.3 Å². The van der Waals surface area contributed by atoms with E-state index in [1.165, 1.54) is 6.42 Å². The maximum absolute atomic E-state index is 9.34. The van der Waals surface area contributed by atoms with Crippen molar-refractivity contribution in [2.45, 2.75) is 78.1 Å². The molecule has 4 nitrogen and oxygen atoms in total. The van der Waals surface area contributed by atoms with Gasteiger partial charge in [-0.05, 0) is 31.1 Å². The Labute approximate surface area is 123 Å². The Bertz CT molecular complexity index is 253. The largest absolute Gasteiger partial charge is 0.368 e. The number of hydrogen-bond acceptors (Lipinski definition) is 4. The van der Waals surface area contributed by atoms with Crippen LogP contribution in [0.4, 0.5) is 0 Å². The van der Waals surface area contributed by atoms with Gasteiger partial charge in [0, 0.05) is 12.5 Å². The molecule has 20 heavy (non-hydrogen) atoms. The quantitative estimate of drug-likeness (QED) is 0.506. The Morgan fingerprint density at radius 1 is 1.20 bits per heavy atom. The van der Waals surface area contributed by atoms with Crippen LogP contribution in [-0.2, 0) is 9.47 Å². The predicted molar refractivity (Wildman–Crippen MR) is 79.2 cm³/mol. The molecule has 120 valence electrons. The number of aliphatic hydroxyl groups is 2. The molecule has 1 aliphatic carbocycles. The minimum atomic E-state index is -1.27. The second-order valence-corrected chi connectivity index (χ2v) is 6.71. The standard InChI is InChI=1S/C16H32O4/c1-4-16(2,3)10-7-11-19-12-20-14-9-6-5-8-13(14)15(17)18/h13-15,17-18H,4-12H2,1-3H3. The third kappa shape index (κ3) is 6.53. The Balaban J connectivity index is 2.11. The molecule has 2 unspecified atom stereocenters. The molecule has 2 atom stereocenters. The summed E-state index contributed by atoms with van der Waals surface area (Å²) in [5, 5.41) is 18.7. The van der Waals surface area contributed by atoms with E-state index in [1.54, 1.807) is 0 Å². The summed E-state index contributed by atoms with van der Waals surface area (Å²) in [7, 11) is 0. The highest BCUT2D eigenvalue weighted by Crippen LogP contribution is 2.29. The van der Waals surface area contributed by atoms with Crippen LogP contribution in [-0.4, -0.2) is 36.0 Å². The summed E-state index contributed by atoms with van der Waals surface area (Å²) in [4.78, 5) is 0. The molecule has 1 rings (SSSR count). The summed E-state index contributed by atoms with van der Waals surface area (Å²) < 4.78 is 11.2. The third-order valence-corrected chi connectivity index (χ3v) is 4.60. The molecule has 0 aromatic carbocycles. The predicted octanol–water partition coefficient (Wildman–Crippen LogP) is 3.06. The van der Waals surface area contributed by atoms with Crippen LogP contribution < -0.4 is 0 Å². The minimum absolute atomic E-state index is 0.0733. The summed E-state index contributed by atoms with van der Waals surface area (Å²) in [6.45, 7) is 7.74. The van der Waals surface area contributed by atoms with E-state index in [1.807, 2.05) is 0 Å². The molecule has 0 radical (unpaired) electrons. The molecule has 0 aliphatic heterocycles. The lowest BCUT2D eigenvalue weighted by molar-refractivity contribution is -0.174. The van der Waals surface area contributed by atoms with Crippen molar-refractivity contribution >= 4 is 0 Å². The van der Waals surface area contributed by atoms with E-state index in [-0.39, 0.29) is 18.8 Å². The van der Waals surface area contributed by atoms with Crippen LogP contribution in [0.15, 0.2) is 0 Å². The fourth-order valence-corrected chi connectivity index (χ4v) is 2.70. The van der Waals surface area contributed by atoms with E-state index in [0.29, 0.717) is 12.0 Å². The van der Waals surface area contributed by atoms with Crippen LogP contribution in [0.1, 0.15) is 65.7 Å². The van der Waals surface area contributed by atoms with E-state index < -0.39 is 6.29 Å². The van der Waals surface area contributed by atoms with Crippen molar-refractivity contribution in [1.29, 1.82) is 0 Å². The van der Waals surface area contributed by atoms with Gasteiger partial charge >= 0.3 is 0 Å². The first kappa shape index (κ1) is 17.9. The normalized spacial score (nSPS) is 24.3. The number of aliphatic hydroxyl groups excluding tert-OH is 1. The van der Waals surface area contributed by atoms with Crippen molar-refractivity contribution in [3.8, 4) is 0 Å². The zero-order valence-corrected chi connectivity index (χ0v) is 13.3. The average Bonchev–Trinajstić information content (AvgIpc) is 2.43. The second-order valence-electron chi connectivity index (χ2n) is 6.71. The first-order valence-corrected chi connectivity index (χ1v) is 8.02. The lowest BCUT2D eigenvalue weighted by Gasteiger charge is -2.32. The number of rotatable bonds is 9. The molecule has 0 aromatic heterocycles. The van der Waals surface area contributed by atoms with E-state index in [4.69, 9.17) is 9.47 Å². The highest BCUT2D eigenvalue weighted by Gasteiger charge is 2.30. The molecule has 0 saturated heterocycles. The molecule has 0 aromatic rings. The van der Waals surface area contributed by atoms with Gasteiger partial charge in [0.2, 0.25) is 0 Å². The van der Waals surface area contributed by atoms with Gasteiger partial charge in [0.05, 0.1) is 6.10 Å². The fourth-order valence-electron chi connectivity index (χ4n) is 2.70. The van der Waals surface area contributed by atoms with Crippen LogP contribution in [0, 0.1) is 11.3 Å².